The molecule has 1 fully saturated rings. The number of carbonyl (C=O) groups excluding carboxylic acids is 2. The number of aliphatic hydroxyl groups is 1. The third kappa shape index (κ3) is 3.55. The number of amides is 2. The fourth-order valence-electron chi connectivity index (χ4n) is 2.46. The van der Waals surface area contributed by atoms with Gasteiger partial charge < -0.3 is 15.7 Å². The fraction of sp³-hybridized carbons (Fsp3) is 0.615. The largest absolute Gasteiger partial charge is 0.396 e. The lowest BCUT2D eigenvalue weighted by Gasteiger charge is -2.26. The summed E-state index contributed by atoms with van der Waals surface area (Å²) in [6.07, 6.45) is 4.08. The summed E-state index contributed by atoms with van der Waals surface area (Å²) in [6, 6.07) is 0. The molecular weight excluding hydrogens is 278 g/mol. The monoisotopic (exact) mass is 297 g/mol. The first-order valence-corrected chi connectivity index (χ1v) is 7.55. The summed E-state index contributed by atoms with van der Waals surface area (Å²) in [4.78, 5) is 27.0. The first-order chi connectivity index (χ1) is 9.54. The van der Waals surface area contributed by atoms with Gasteiger partial charge in [0.1, 0.15) is 5.69 Å². The van der Waals surface area contributed by atoms with Crippen LogP contribution in [0, 0.1) is 5.41 Å². The molecule has 0 saturated heterocycles. The van der Waals surface area contributed by atoms with Gasteiger partial charge in [-0.15, -0.1) is 11.3 Å². The van der Waals surface area contributed by atoms with E-state index in [2.05, 4.69) is 15.6 Å². The van der Waals surface area contributed by atoms with Gasteiger partial charge in [-0.1, -0.05) is 12.8 Å². The molecule has 1 saturated carbocycles. The summed E-state index contributed by atoms with van der Waals surface area (Å²) in [5.41, 5.74) is 0.122. The zero-order valence-corrected chi connectivity index (χ0v) is 12.3. The molecule has 1 aromatic rings. The normalized spacial score (nSPS) is 16.9. The zero-order chi connectivity index (χ0) is 14.6. The Balaban J connectivity index is 1.91. The van der Waals surface area contributed by atoms with Crippen LogP contribution >= 0.6 is 11.3 Å². The highest BCUT2D eigenvalue weighted by molar-refractivity contribution is 7.14. The molecule has 1 aliphatic carbocycles. The molecule has 0 bridgehead atoms. The molecule has 6 nitrogen and oxygen atoms in total. The molecule has 0 atom stereocenters. The summed E-state index contributed by atoms with van der Waals surface area (Å²) in [5, 5.41) is 16.9. The molecule has 3 N–H and O–H groups in total. The number of hydrogen-bond acceptors (Lipinski definition) is 5. The Labute approximate surface area is 121 Å². The Bertz CT molecular complexity index is 495. The van der Waals surface area contributed by atoms with Crippen LogP contribution in [0.1, 0.15) is 43.1 Å². The van der Waals surface area contributed by atoms with Crippen LogP contribution in [0.25, 0.3) is 0 Å². The van der Waals surface area contributed by atoms with E-state index in [0.717, 1.165) is 25.7 Å². The van der Waals surface area contributed by atoms with Gasteiger partial charge in [0.25, 0.3) is 5.91 Å². The van der Waals surface area contributed by atoms with Crippen molar-refractivity contribution < 1.29 is 14.7 Å². The first kappa shape index (κ1) is 14.9. The van der Waals surface area contributed by atoms with Gasteiger partial charge in [-0.25, -0.2) is 4.98 Å². The SMILES string of the molecule is CC(=O)Nc1nc(C(=O)NCC2(CO)CCCC2)cs1. The van der Waals surface area contributed by atoms with Crippen molar-refractivity contribution in [1.29, 1.82) is 0 Å². The van der Waals surface area contributed by atoms with Gasteiger partial charge in [0.05, 0.1) is 6.61 Å². The molecule has 110 valence electrons. The maximum Gasteiger partial charge on any atom is 0.270 e. The Kier molecular flexibility index (Phi) is 4.72. The van der Waals surface area contributed by atoms with Crippen LogP contribution in [0.4, 0.5) is 5.13 Å². The van der Waals surface area contributed by atoms with Crippen LogP contribution in [-0.4, -0.2) is 35.1 Å². The van der Waals surface area contributed by atoms with Crippen LogP contribution < -0.4 is 10.6 Å². The first-order valence-electron chi connectivity index (χ1n) is 6.67. The van der Waals surface area contributed by atoms with Crippen molar-refractivity contribution in [3.8, 4) is 0 Å². The van der Waals surface area contributed by atoms with Crippen LogP contribution in [0.2, 0.25) is 0 Å². The second-order valence-corrected chi connectivity index (χ2v) is 6.13. The number of nitrogens with zero attached hydrogens (tertiary/aromatic N) is 1. The predicted octanol–water partition coefficient (Wildman–Crippen LogP) is 1.38. The molecule has 0 spiro atoms. The van der Waals surface area contributed by atoms with E-state index in [-0.39, 0.29) is 23.8 Å². The minimum atomic E-state index is -0.266. The maximum absolute atomic E-state index is 12.0. The van der Waals surface area contributed by atoms with Gasteiger partial charge in [-0.2, -0.15) is 0 Å². The minimum Gasteiger partial charge on any atom is -0.396 e. The van der Waals surface area contributed by atoms with Gasteiger partial charge >= 0.3 is 0 Å². The lowest BCUT2D eigenvalue weighted by Crippen LogP contribution is -2.38. The van der Waals surface area contributed by atoms with Gasteiger partial charge in [-0.3, -0.25) is 9.59 Å². The Morgan fingerprint density at radius 2 is 2.15 bits per heavy atom. The number of anilines is 1. The summed E-state index contributed by atoms with van der Waals surface area (Å²) < 4.78 is 0. The van der Waals surface area contributed by atoms with Crippen LogP contribution in [0.5, 0.6) is 0 Å². The van der Waals surface area contributed by atoms with Crippen molar-refractivity contribution >= 4 is 28.3 Å². The topological polar surface area (TPSA) is 91.3 Å². The second kappa shape index (κ2) is 6.32. The van der Waals surface area contributed by atoms with E-state index in [4.69, 9.17) is 0 Å². The van der Waals surface area contributed by atoms with Crippen molar-refractivity contribution in [3.63, 3.8) is 0 Å². The van der Waals surface area contributed by atoms with Crippen molar-refractivity contribution in [1.82, 2.24) is 10.3 Å². The highest BCUT2D eigenvalue weighted by Gasteiger charge is 2.33. The molecule has 7 heteroatoms. The Hall–Kier alpha value is -1.47. The van der Waals surface area contributed by atoms with Crippen molar-refractivity contribution in [2.75, 3.05) is 18.5 Å². The highest BCUT2D eigenvalue weighted by Crippen LogP contribution is 2.36. The van der Waals surface area contributed by atoms with E-state index < -0.39 is 0 Å². The summed E-state index contributed by atoms with van der Waals surface area (Å²) in [6.45, 7) is 1.96. The number of rotatable bonds is 5. The fourth-order valence-corrected chi connectivity index (χ4v) is 3.20. The lowest BCUT2D eigenvalue weighted by molar-refractivity contribution is -0.114. The third-order valence-electron chi connectivity index (χ3n) is 3.64. The van der Waals surface area contributed by atoms with E-state index in [0.29, 0.717) is 17.4 Å². The average Bonchev–Trinajstić information content (AvgIpc) is 3.05. The number of aromatic nitrogens is 1. The van der Waals surface area contributed by atoms with E-state index in [1.54, 1.807) is 5.38 Å². The van der Waals surface area contributed by atoms with Gasteiger partial charge in [-0.05, 0) is 12.8 Å². The molecule has 1 aliphatic rings. The molecule has 20 heavy (non-hydrogen) atoms. The van der Waals surface area contributed by atoms with E-state index in [1.807, 2.05) is 0 Å². The van der Waals surface area contributed by atoms with E-state index in [1.165, 1.54) is 18.3 Å². The molecule has 2 rings (SSSR count). The Morgan fingerprint density at radius 1 is 1.45 bits per heavy atom. The van der Waals surface area contributed by atoms with Gasteiger partial charge in [0.15, 0.2) is 5.13 Å². The molecule has 2 amide bonds. The van der Waals surface area contributed by atoms with Crippen LogP contribution in [-0.2, 0) is 4.79 Å². The zero-order valence-electron chi connectivity index (χ0n) is 11.4. The average molecular weight is 297 g/mol. The highest BCUT2D eigenvalue weighted by atomic mass is 32.1. The second-order valence-electron chi connectivity index (χ2n) is 5.27. The summed E-state index contributed by atoms with van der Waals surface area (Å²) >= 11 is 1.22. The quantitative estimate of drug-likeness (QED) is 0.766. The molecule has 0 aliphatic heterocycles. The predicted molar refractivity (Wildman–Crippen MR) is 76.7 cm³/mol. The lowest BCUT2D eigenvalue weighted by atomic mass is 9.87. The molecule has 0 aromatic carbocycles. The van der Waals surface area contributed by atoms with E-state index in [9.17, 15) is 14.7 Å². The minimum absolute atomic E-state index is 0.0987. The van der Waals surface area contributed by atoms with Crippen molar-refractivity contribution in [3.05, 3.63) is 11.1 Å². The molecule has 1 aromatic heterocycles. The van der Waals surface area contributed by atoms with Gasteiger partial charge in [0.2, 0.25) is 5.91 Å². The summed E-state index contributed by atoms with van der Waals surface area (Å²) in [5.74, 6) is -0.478. The van der Waals surface area contributed by atoms with E-state index >= 15 is 0 Å². The molecular formula is C13H19N3O3S. The number of carbonyl (C=O) groups is 2. The summed E-state index contributed by atoms with van der Waals surface area (Å²) in [7, 11) is 0. The third-order valence-corrected chi connectivity index (χ3v) is 4.40. The van der Waals surface area contributed by atoms with Crippen LogP contribution in [0.15, 0.2) is 5.38 Å². The van der Waals surface area contributed by atoms with Gasteiger partial charge in [0, 0.05) is 24.3 Å². The van der Waals surface area contributed by atoms with Crippen molar-refractivity contribution in [2.24, 2.45) is 5.41 Å². The maximum atomic E-state index is 12.0. The molecule has 0 unspecified atom stereocenters. The standard InChI is InChI=1S/C13H19N3O3S/c1-9(18)15-12-16-10(6-20-12)11(19)14-7-13(8-17)4-2-3-5-13/h6,17H,2-5,7-8H2,1H3,(H,14,19)(H,15,16,18). The number of aliphatic hydroxyl groups excluding tert-OH is 1. The number of nitrogens with one attached hydrogen (secondary N) is 2. The van der Waals surface area contributed by atoms with Crippen LogP contribution in [0.3, 0.4) is 0 Å². The molecule has 0 radical (unpaired) electrons. The Morgan fingerprint density at radius 3 is 2.75 bits per heavy atom. The smallest absolute Gasteiger partial charge is 0.270 e. The number of thiazole rings is 1. The van der Waals surface area contributed by atoms with Crippen molar-refractivity contribution in [2.45, 2.75) is 32.6 Å². The number of hydrogen-bond donors (Lipinski definition) is 3. The molecule has 1 heterocycles.